The van der Waals surface area contributed by atoms with Crippen molar-refractivity contribution in [2.24, 2.45) is 0 Å². The first-order valence-corrected chi connectivity index (χ1v) is 24.4. The second-order valence-electron chi connectivity index (χ2n) is 15.7. The van der Waals surface area contributed by atoms with Gasteiger partial charge in [-0.1, -0.05) is 127 Å². The molecule has 2 fully saturated rings. The number of benzene rings is 2. The topological polar surface area (TPSA) is 82.8 Å². The number of thioether (sulfide) groups is 2. The zero-order valence-electron chi connectivity index (χ0n) is 33.6. The molecular formula is C46H59N3O4S4. The van der Waals surface area contributed by atoms with Crippen LogP contribution in [0.2, 0.25) is 0 Å². The first-order chi connectivity index (χ1) is 27.8. The highest BCUT2D eigenvalue weighted by Crippen LogP contribution is 2.52. The minimum Gasteiger partial charge on any atom is -0.480 e. The van der Waals surface area contributed by atoms with Crippen molar-refractivity contribution in [1.82, 2.24) is 9.47 Å². The normalized spacial score (nSPS) is 18.9. The third-order valence-electron chi connectivity index (χ3n) is 11.5. The number of hydrogen-bond acceptors (Lipinski definition) is 8. The van der Waals surface area contributed by atoms with Crippen LogP contribution in [0.25, 0.3) is 11.0 Å². The van der Waals surface area contributed by atoms with E-state index in [2.05, 4.69) is 54.3 Å². The molecule has 1 amide bonds. The van der Waals surface area contributed by atoms with Crippen molar-refractivity contribution in [2.45, 2.75) is 152 Å². The van der Waals surface area contributed by atoms with Crippen molar-refractivity contribution < 1.29 is 14.7 Å². The van der Waals surface area contributed by atoms with Gasteiger partial charge in [0.15, 0.2) is 0 Å². The van der Waals surface area contributed by atoms with E-state index in [0.29, 0.717) is 36.9 Å². The summed E-state index contributed by atoms with van der Waals surface area (Å²) < 4.78 is 2.47. The molecule has 11 heteroatoms. The van der Waals surface area contributed by atoms with Crippen LogP contribution in [0, 0.1) is 6.92 Å². The predicted molar refractivity (Wildman–Crippen MR) is 244 cm³/mol. The van der Waals surface area contributed by atoms with Gasteiger partial charge in [0.1, 0.15) is 20.4 Å². The molecule has 57 heavy (non-hydrogen) atoms. The van der Waals surface area contributed by atoms with Gasteiger partial charge in [0, 0.05) is 34.8 Å². The lowest BCUT2D eigenvalue weighted by atomic mass is 9.96. The molecule has 2 aromatic carbocycles. The summed E-state index contributed by atoms with van der Waals surface area (Å²) in [5.74, 6) is 0.188. The molecule has 1 saturated heterocycles. The van der Waals surface area contributed by atoms with Gasteiger partial charge in [0.25, 0.3) is 11.5 Å². The van der Waals surface area contributed by atoms with E-state index < -0.39 is 18.1 Å². The Hall–Kier alpha value is -2.86. The summed E-state index contributed by atoms with van der Waals surface area (Å²) in [6.45, 7) is 7.84. The Labute approximate surface area is 357 Å². The first kappa shape index (κ1) is 43.7. The summed E-state index contributed by atoms with van der Waals surface area (Å²) in [4.78, 5) is 45.3. The maximum absolute atomic E-state index is 13.8. The molecule has 7 nitrogen and oxygen atoms in total. The van der Waals surface area contributed by atoms with Crippen LogP contribution in [0.1, 0.15) is 146 Å². The van der Waals surface area contributed by atoms with Crippen molar-refractivity contribution in [1.29, 1.82) is 0 Å². The van der Waals surface area contributed by atoms with E-state index in [-0.39, 0.29) is 5.91 Å². The summed E-state index contributed by atoms with van der Waals surface area (Å²) >= 11 is 9.93. The average Bonchev–Trinajstić information content (AvgIpc) is 3.95. The molecule has 0 bridgehead atoms. The average molecular weight is 846 g/mol. The van der Waals surface area contributed by atoms with E-state index in [1.165, 1.54) is 127 Å². The fourth-order valence-electron chi connectivity index (χ4n) is 8.57. The van der Waals surface area contributed by atoms with E-state index in [4.69, 9.17) is 19.1 Å². The van der Waals surface area contributed by atoms with Crippen molar-refractivity contribution >= 4 is 85.6 Å². The molecule has 2 radical (unpaired) electrons. The van der Waals surface area contributed by atoms with Gasteiger partial charge in [-0.2, -0.15) is 0 Å². The molecule has 1 aromatic heterocycles. The lowest BCUT2D eigenvalue weighted by Gasteiger charge is -2.27. The number of aliphatic carboxylic acids is 1. The van der Waals surface area contributed by atoms with Crippen LogP contribution in [-0.4, -0.2) is 49.1 Å². The highest BCUT2D eigenvalue weighted by atomic mass is 32.2. The Bertz CT molecular complexity index is 2020. The summed E-state index contributed by atoms with van der Waals surface area (Å²) in [6.07, 6.45) is 24.2. The van der Waals surface area contributed by atoms with E-state index in [1.807, 2.05) is 17.8 Å². The quantitative estimate of drug-likeness (QED) is 0.0574. The zero-order chi connectivity index (χ0) is 40.1. The monoisotopic (exact) mass is 845 g/mol. The number of aromatic nitrogens is 1. The van der Waals surface area contributed by atoms with Gasteiger partial charge in [-0.15, -0.1) is 23.1 Å². The van der Waals surface area contributed by atoms with Crippen LogP contribution in [0.3, 0.4) is 0 Å². The number of carbonyl (C=O) groups excluding carboxylic acids is 1. The third kappa shape index (κ3) is 11.3. The Kier molecular flexibility index (Phi) is 16.8. The highest BCUT2D eigenvalue weighted by molar-refractivity contribution is 8.30. The van der Waals surface area contributed by atoms with Crippen molar-refractivity contribution in [2.75, 3.05) is 17.2 Å². The largest absolute Gasteiger partial charge is 0.480 e. The number of thiocarbonyl (C=S) groups is 1. The van der Waals surface area contributed by atoms with E-state index in [1.54, 1.807) is 4.90 Å². The Balaban J connectivity index is 1.16. The number of anilines is 2. The van der Waals surface area contributed by atoms with Gasteiger partial charge in [-0.3, -0.25) is 23.9 Å². The smallest absolute Gasteiger partial charge is 0.323 e. The molecule has 2 unspecified atom stereocenters. The SMILES string of the molecule is [CH]CCCCCCCCCSc1ccc(N2c3ccc(/C=c4\s/c(=C5/SC(=S)N(CCCCCCCCCC)C5=O)n(CC(=O)O)c4=O)cc3C3CCCC32)cc1. The molecular weight excluding hydrogens is 787 g/mol. The Morgan fingerprint density at radius 1 is 0.912 bits per heavy atom. The number of rotatable bonds is 23. The molecule has 1 aliphatic carbocycles. The molecule has 2 atom stereocenters. The molecule has 3 aromatic rings. The van der Waals surface area contributed by atoms with Crippen LogP contribution < -0.4 is 19.7 Å². The number of carbonyl (C=O) groups is 2. The molecule has 6 rings (SSSR count). The fraction of sp³-hybridized carbons (Fsp3) is 0.543. The second-order valence-corrected chi connectivity index (χ2v) is 19.6. The number of unbranched alkanes of at least 4 members (excludes halogenated alkanes) is 14. The van der Waals surface area contributed by atoms with Crippen LogP contribution >= 0.6 is 47.1 Å². The summed E-state index contributed by atoms with van der Waals surface area (Å²) in [7, 11) is 0. The molecule has 3 heterocycles. The zero-order valence-corrected chi connectivity index (χ0v) is 36.8. The summed E-state index contributed by atoms with van der Waals surface area (Å²) in [5.41, 5.74) is 4.24. The molecule has 0 spiro atoms. The number of amides is 1. The molecule has 2 aliphatic heterocycles. The molecule has 1 saturated carbocycles. The molecule has 3 aliphatic rings. The van der Waals surface area contributed by atoms with Crippen LogP contribution in [-0.2, 0) is 16.1 Å². The minimum absolute atomic E-state index is 0.239. The Morgan fingerprint density at radius 3 is 2.30 bits per heavy atom. The van der Waals surface area contributed by atoms with Crippen LogP contribution in [0.5, 0.6) is 0 Å². The van der Waals surface area contributed by atoms with Gasteiger partial charge in [0.2, 0.25) is 0 Å². The van der Waals surface area contributed by atoms with Gasteiger partial charge in [-0.05, 0) is 98.4 Å². The number of nitrogens with zero attached hydrogens (tertiary/aromatic N) is 3. The van der Waals surface area contributed by atoms with Gasteiger partial charge in [-0.25, -0.2) is 0 Å². The fourth-order valence-corrected chi connectivity index (χ4v) is 12.0. The van der Waals surface area contributed by atoms with E-state index in [9.17, 15) is 19.5 Å². The summed E-state index contributed by atoms with van der Waals surface area (Å²) in [5, 5.41) is 9.77. The summed E-state index contributed by atoms with van der Waals surface area (Å²) in [6, 6.07) is 15.9. The lowest BCUT2D eigenvalue weighted by molar-refractivity contribution is -0.137. The maximum Gasteiger partial charge on any atom is 0.323 e. The van der Waals surface area contributed by atoms with Gasteiger partial charge in [0.05, 0.1) is 4.53 Å². The van der Waals surface area contributed by atoms with E-state index in [0.717, 1.165) is 56.3 Å². The van der Waals surface area contributed by atoms with Crippen molar-refractivity contribution in [3.63, 3.8) is 0 Å². The minimum atomic E-state index is -1.13. The Morgan fingerprint density at radius 2 is 1.60 bits per heavy atom. The van der Waals surface area contributed by atoms with Gasteiger partial charge >= 0.3 is 5.97 Å². The standard InChI is InChI=1S/C46H59N3O4S4/c1-3-5-7-9-11-13-15-17-28-47-44(53)42(57-46(47)54)45-48(32-41(50)51)43(52)40(56-45)31-33-22-27-39-37(30-33)36-20-19-21-38(36)49(39)34-23-25-35(26-24-34)55-29-18-16-14-12-10-8-6-4-2/h2,22-27,30-31,36,38H,3-21,28-29,32H2,1H3,(H,50,51)/b40-31-,45-42+. The third-order valence-corrected chi connectivity index (χ3v) is 15.3. The number of fused-ring (bicyclic) bond motifs is 3. The number of carboxylic acid groups (broad SMARTS) is 1. The highest BCUT2D eigenvalue weighted by Gasteiger charge is 2.42. The number of carboxylic acids is 1. The van der Waals surface area contributed by atoms with Crippen molar-refractivity contribution in [3.05, 3.63) is 80.1 Å². The number of thiazole rings is 1. The second kappa shape index (κ2) is 21.9. The lowest BCUT2D eigenvalue weighted by Crippen LogP contribution is -2.35. The van der Waals surface area contributed by atoms with Crippen LogP contribution in [0.4, 0.5) is 11.4 Å². The maximum atomic E-state index is 13.8. The predicted octanol–water partition coefficient (Wildman–Crippen LogP) is 10.6. The van der Waals surface area contributed by atoms with E-state index >= 15 is 0 Å². The number of hydrogen-bond donors (Lipinski definition) is 1. The molecule has 306 valence electrons. The first-order valence-electron chi connectivity index (χ1n) is 21.4. The van der Waals surface area contributed by atoms with Crippen LogP contribution in [0.15, 0.2) is 52.2 Å². The van der Waals surface area contributed by atoms with Gasteiger partial charge < -0.3 is 10.0 Å². The van der Waals surface area contributed by atoms with Crippen molar-refractivity contribution in [3.8, 4) is 0 Å². The molecule has 1 N–H and O–H groups in total.